The lowest BCUT2D eigenvalue weighted by atomic mass is 10.2. The minimum atomic E-state index is -1.13. The lowest BCUT2D eigenvalue weighted by Gasteiger charge is -2.38. The van der Waals surface area contributed by atoms with E-state index < -0.39 is 8.07 Å². The molecule has 3 nitrogen and oxygen atoms in total. The van der Waals surface area contributed by atoms with E-state index in [1.165, 1.54) is 31.6 Å². The average Bonchev–Trinajstić information content (AvgIpc) is 2.74. The molecule has 4 heteroatoms. The molecule has 0 N–H and O–H groups in total. The lowest BCUT2D eigenvalue weighted by molar-refractivity contribution is 0.473. The molecule has 0 aliphatic carbocycles. The quantitative estimate of drug-likeness (QED) is 0.720. The molecule has 0 unspecified atom stereocenters. The van der Waals surface area contributed by atoms with E-state index in [2.05, 4.69) is 48.7 Å². The van der Waals surface area contributed by atoms with Gasteiger partial charge in [0.2, 0.25) is 0 Å². The summed E-state index contributed by atoms with van der Waals surface area (Å²) in [4.78, 5) is 9.57. The Morgan fingerprint density at radius 3 is 2.53 bits per heavy atom. The minimum Gasteiger partial charge on any atom is -0.341 e. The van der Waals surface area contributed by atoms with E-state index in [1.54, 1.807) is 0 Å². The molecule has 0 aromatic rings. The number of aliphatic imine (C=N–C) groups is 1. The number of hydrogen-bond acceptors (Lipinski definition) is 3. The molecular weight excluding hydrogens is 226 g/mol. The SMILES string of the molecule is CC(C)(C)[Si](C)(C)CCN1CCN2CCN=C21. The molecule has 2 rings (SSSR count). The third kappa shape index (κ3) is 2.51. The highest BCUT2D eigenvalue weighted by atomic mass is 28.3. The predicted molar refractivity (Wildman–Crippen MR) is 77.5 cm³/mol. The molecule has 0 amide bonds. The zero-order chi connectivity index (χ0) is 12.7. The average molecular weight is 253 g/mol. The first-order valence-electron chi connectivity index (χ1n) is 6.86. The van der Waals surface area contributed by atoms with Crippen LogP contribution in [-0.4, -0.2) is 56.6 Å². The second-order valence-corrected chi connectivity index (χ2v) is 12.8. The Balaban J connectivity index is 1.91. The summed E-state index contributed by atoms with van der Waals surface area (Å²) in [5.74, 6) is 1.28. The summed E-state index contributed by atoms with van der Waals surface area (Å²) < 4.78 is 0. The van der Waals surface area contributed by atoms with Crippen molar-refractivity contribution in [3.05, 3.63) is 0 Å². The number of guanidine groups is 1. The predicted octanol–water partition coefficient (Wildman–Crippen LogP) is 2.48. The Labute approximate surface area is 107 Å². The van der Waals surface area contributed by atoms with Gasteiger partial charge in [-0.1, -0.05) is 33.9 Å². The highest BCUT2D eigenvalue weighted by Gasteiger charge is 2.36. The van der Waals surface area contributed by atoms with Crippen molar-refractivity contribution >= 4 is 14.0 Å². The van der Waals surface area contributed by atoms with E-state index in [0.29, 0.717) is 5.04 Å². The van der Waals surface area contributed by atoms with Crippen molar-refractivity contribution in [3.63, 3.8) is 0 Å². The first-order valence-corrected chi connectivity index (χ1v) is 10.1. The van der Waals surface area contributed by atoms with Crippen molar-refractivity contribution < 1.29 is 0 Å². The topological polar surface area (TPSA) is 18.8 Å². The zero-order valence-electron chi connectivity index (χ0n) is 12.1. The molecule has 2 heterocycles. The van der Waals surface area contributed by atoms with Crippen molar-refractivity contribution in [2.45, 2.75) is 44.9 Å². The van der Waals surface area contributed by atoms with Crippen molar-refractivity contribution in [1.29, 1.82) is 0 Å². The molecule has 2 aliphatic heterocycles. The van der Waals surface area contributed by atoms with Crippen LogP contribution in [0.5, 0.6) is 0 Å². The Hall–Kier alpha value is -0.513. The van der Waals surface area contributed by atoms with Crippen LogP contribution in [0.1, 0.15) is 20.8 Å². The molecule has 0 aromatic heterocycles. The number of fused-ring (bicyclic) bond motifs is 1. The van der Waals surface area contributed by atoms with Gasteiger partial charge in [-0.05, 0) is 11.1 Å². The van der Waals surface area contributed by atoms with Crippen LogP contribution in [0.4, 0.5) is 0 Å². The third-order valence-corrected chi connectivity index (χ3v) is 10.4. The van der Waals surface area contributed by atoms with E-state index in [1.807, 2.05) is 0 Å². The van der Waals surface area contributed by atoms with Crippen LogP contribution >= 0.6 is 0 Å². The highest BCUT2D eigenvalue weighted by Crippen LogP contribution is 2.38. The minimum absolute atomic E-state index is 0.504. The second-order valence-electron chi connectivity index (χ2n) is 7.04. The molecule has 1 fully saturated rings. The maximum atomic E-state index is 4.63. The van der Waals surface area contributed by atoms with Gasteiger partial charge in [-0.2, -0.15) is 0 Å². The van der Waals surface area contributed by atoms with Gasteiger partial charge in [-0.3, -0.25) is 4.99 Å². The number of rotatable bonds is 3. The third-order valence-electron chi connectivity index (χ3n) is 4.87. The zero-order valence-corrected chi connectivity index (χ0v) is 13.1. The Kier molecular flexibility index (Phi) is 3.27. The smallest absolute Gasteiger partial charge is 0.196 e. The van der Waals surface area contributed by atoms with Crippen LogP contribution in [0, 0.1) is 0 Å². The first kappa shape index (κ1) is 12.9. The second kappa shape index (κ2) is 4.30. The Bertz CT molecular complexity index is 317. The summed E-state index contributed by atoms with van der Waals surface area (Å²) in [6.45, 7) is 18.0. The van der Waals surface area contributed by atoms with Gasteiger partial charge >= 0.3 is 0 Å². The molecule has 98 valence electrons. The molecule has 0 aromatic carbocycles. The summed E-state index contributed by atoms with van der Waals surface area (Å²) >= 11 is 0. The molecular formula is C13H27N3Si. The molecule has 0 spiro atoms. The van der Waals surface area contributed by atoms with E-state index in [9.17, 15) is 0 Å². The molecule has 17 heavy (non-hydrogen) atoms. The van der Waals surface area contributed by atoms with Crippen LogP contribution in [0.25, 0.3) is 0 Å². The molecule has 0 bridgehead atoms. The monoisotopic (exact) mass is 253 g/mol. The van der Waals surface area contributed by atoms with Gasteiger partial charge in [0.15, 0.2) is 5.96 Å². The molecule has 0 saturated carbocycles. The fourth-order valence-electron chi connectivity index (χ4n) is 2.33. The Morgan fingerprint density at radius 1 is 1.18 bits per heavy atom. The van der Waals surface area contributed by atoms with Crippen molar-refractivity contribution in [3.8, 4) is 0 Å². The summed E-state index contributed by atoms with van der Waals surface area (Å²) in [6, 6.07) is 1.38. The van der Waals surface area contributed by atoms with Crippen LogP contribution in [0.15, 0.2) is 4.99 Å². The van der Waals surface area contributed by atoms with Crippen molar-refractivity contribution in [1.82, 2.24) is 9.80 Å². The van der Waals surface area contributed by atoms with Crippen molar-refractivity contribution in [2.24, 2.45) is 4.99 Å². The molecule has 2 aliphatic rings. The lowest BCUT2D eigenvalue weighted by Crippen LogP contribution is -2.41. The maximum Gasteiger partial charge on any atom is 0.196 e. The van der Waals surface area contributed by atoms with Crippen LogP contribution < -0.4 is 0 Å². The molecule has 0 atom stereocenters. The summed E-state index contributed by atoms with van der Waals surface area (Å²) in [5, 5.41) is 0.504. The summed E-state index contributed by atoms with van der Waals surface area (Å²) in [6.07, 6.45) is 0. The van der Waals surface area contributed by atoms with Gasteiger partial charge in [0.05, 0.1) is 14.6 Å². The van der Waals surface area contributed by atoms with Gasteiger partial charge in [-0.25, -0.2) is 0 Å². The Morgan fingerprint density at radius 2 is 1.88 bits per heavy atom. The number of nitrogens with zero attached hydrogens (tertiary/aromatic N) is 3. The maximum absolute atomic E-state index is 4.63. The van der Waals surface area contributed by atoms with Gasteiger partial charge in [0, 0.05) is 26.2 Å². The van der Waals surface area contributed by atoms with E-state index in [-0.39, 0.29) is 0 Å². The van der Waals surface area contributed by atoms with Gasteiger partial charge < -0.3 is 9.80 Å². The fourth-order valence-corrected chi connectivity index (χ4v) is 3.90. The van der Waals surface area contributed by atoms with E-state index in [0.717, 1.165) is 13.1 Å². The summed E-state index contributed by atoms with van der Waals surface area (Å²) in [5.41, 5.74) is 0. The van der Waals surface area contributed by atoms with Crippen molar-refractivity contribution in [2.75, 3.05) is 32.7 Å². The normalized spacial score (nSPS) is 20.9. The molecule has 0 radical (unpaired) electrons. The molecule has 1 saturated heterocycles. The highest BCUT2D eigenvalue weighted by molar-refractivity contribution is 6.80. The summed E-state index contributed by atoms with van der Waals surface area (Å²) in [7, 11) is -1.13. The first-order chi connectivity index (χ1) is 7.81. The van der Waals surface area contributed by atoms with Gasteiger partial charge in [0.25, 0.3) is 0 Å². The number of hydrogen-bond donors (Lipinski definition) is 0. The van der Waals surface area contributed by atoms with E-state index in [4.69, 9.17) is 0 Å². The standard InChI is InChI=1S/C13H27N3Si/c1-13(2,3)17(4,5)11-10-16-9-8-15-7-6-14-12(15)16/h6-11H2,1-5H3. The van der Waals surface area contributed by atoms with Gasteiger partial charge in [-0.15, -0.1) is 0 Å². The van der Waals surface area contributed by atoms with Crippen LogP contribution in [-0.2, 0) is 0 Å². The van der Waals surface area contributed by atoms with Gasteiger partial charge in [0.1, 0.15) is 0 Å². The fraction of sp³-hybridized carbons (Fsp3) is 0.923. The largest absolute Gasteiger partial charge is 0.341 e. The van der Waals surface area contributed by atoms with Crippen LogP contribution in [0.2, 0.25) is 24.2 Å². The van der Waals surface area contributed by atoms with Crippen LogP contribution in [0.3, 0.4) is 0 Å². The van der Waals surface area contributed by atoms with E-state index >= 15 is 0 Å².